The van der Waals surface area contributed by atoms with Gasteiger partial charge in [-0.25, -0.2) is 0 Å². The van der Waals surface area contributed by atoms with Crippen molar-refractivity contribution in [1.29, 1.82) is 0 Å². The van der Waals surface area contributed by atoms with Gasteiger partial charge >= 0.3 is 12.4 Å². The van der Waals surface area contributed by atoms with E-state index in [1.54, 1.807) is 0 Å². The number of hydrogen-bond acceptors (Lipinski definition) is 4. The number of quaternary nitrogens is 1. The Bertz CT molecular complexity index is 268. The molecule has 12 heteroatoms. The largest absolute Gasteiger partial charge is 0.756 e. The fourth-order valence-electron chi connectivity index (χ4n) is 0.342. The van der Waals surface area contributed by atoms with Crippen molar-refractivity contribution in [1.82, 2.24) is 0 Å². The number of nitrogens with one attached hydrogen (secondary N) is 1. The van der Waals surface area contributed by atoms with Gasteiger partial charge in [-0.3, -0.25) is 4.57 Å². The Labute approximate surface area is 105 Å². The lowest BCUT2D eigenvalue weighted by Crippen LogP contribution is -3.02. The second-order valence-corrected chi connectivity index (χ2v) is 5.14. The highest BCUT2D eigenvalue weighted by atomic mass is 31.2. The van der Waals surface area contributed by atoms with Crippen LogP contribution in [0.25, 0.3) is 0 Å². The van der Waals surface area contributed by atoms with E-state index in [0.29, 0.717) is 0 Å². The van der Waals surface area contributed by atoms with Crippen LogP contribution in [-0.4, -0.2) is 46.7 Å². The lowest BCUT2D eigenvalue weighted by molar-refractivity contribution is -0.836. The van der Waals surface area contributed by atoms with E-state index in [4.69, 9.17) is 0 Å². The van der Waals surface area contributed by atoms with Gasteiger partial charge in [0.25, 0.3) is 7.82 Å². The van der Waals surface area contributed by atoms with E-state index in [1.807, 2.05) is 0 Å². The van der Waals surface area contributed by atoms with Gasteiger partial charge in [-0.1, -0.05) is 0 Å². The summed E-state index contributed by atoms with van der Waals surface area (Å²) in [6.07, 6.45) is -9.94. The van der Waals surface area contributed by atoms with Crippen molar-refractivity contribution in [3.05, 3.63) is 0 Å². The van der Waals surface area contributed by atoms with Crippen LogP contribution in [-0.2, 0) is 13.6 Å². The third kappa shape index (κ3) is 23.2. The Hall–Kier alpha value is -0.350. The lowest BCUT2D eigenvalue weighted by atomic mass is 10.7. The molecule has 0 amide bonds. The molecular formula is C7H14F6NO4P. The molecule has 0 heterocycles. The summed E-state index contributed by atoms with van der Waals surface area (Å²) in [5.41, 5.74) is 0. The molecule has 0 radical (unpaired) electrons. The van der Waals surface area contributed by atoms with Gasteiger partial charge in [0.15, 0.2) is 13.2 Å². The molecule has 0 spiro atoms. The van der Waals surface area contributed by atoms with E-state index in [1.165, 1.54) is 4.90 Å². The van der Waals surface area contributed by atoms with Crippen LogP contribution in [0.2, 0.25) is 0 Å². The average molecular weight is 321 g/mol. The first-order chi connectivity index (χ1) is 8.15. The quantitative estimate of drug-likeness (QED) is 0.600. The van der Waals surface area contributed by atoms with Crippen LogP contribution in [0.4, 0.5) is 26.3 Å². The zero-order valence-corrected chi connectivity index (χ0v) is 11.2. The molecule has 0 aromatic heterocycles. The van der Waals surface area contributed by atoms with Gasteiger partial charge in [-0.15, -0.1) is 0 Å². The van der Waals surface area contributed by atoms with Crippen molar-refractivity contribution in [3.8, 4) is 0 Å². The Kier molecular flexibility index (Phi) is 8.88. The first kappa shape index (κ1) is 21.0. The molecule has 0 aliphatic heterocycles. The molecule has 19 heavy (non-hydrogen) atoms. The Morgan fingerprint density at radius 3 is 1.32 bits per heavy atom. The molecule has 0 unspecified atom stereocenters. The van der Waals surface area contributed by atoms with E-state index in [9.17, 15) is 35.8 Å². The normalized spacial score (nSPS) is 13.2. The van der Waals surface area contributed by atoms with E-state index in [2.05, 4.69) is 30.2 Å². The average Bonchev–Trinajstić information content (AvgIpc) is 2.09. The molecular weight excluding hydrogens is 307 g/mol. The molecule has 5 nitrogen and oxygen atoms in total. The van der Waals surface area contributed by atoms with Gasteiger partial charge in [0.05, 0.1) is 21.1 Å². The fraction of sp³-hybridized carbons (Fsp3) is 1.00. The second kappa shape index (κ2) is 8.05. The van der Waals surface area contributed by atoms with Crippen molar-refractivity contribution >= 4 is 7.82 Å². The van der Waals surface area contributed by atoms with Crippen molar-refractivity contribution in [2.75, 3.05) is 34.4 Å². The summed E-state index contributed by atoms with van der Waals surface area (Å²) in [4.78, 5) is 11.7. The molecule has 0 aliphatic carbocycles. The van der Waals surface area contributed by atoms with Crippen molar-refractivity contribution in [3.63, 3.8) is 0 Å². The number of hydrogen-bond donors (Lipinski definition) is 1. The first-order valence-electron chi connectivity index (χ1n) is 4.65. The van der Waals surface area contributed by atoms with Crippen LogP contribution in [0.3, 0.4) is 0 Å². The minimum absolute atomic E-state index is 1.42. The minimum Gasteiger partial charge on any atom is -0.756 e. The number of halogens is 6. The number of rotatable bonds is 4. The monoisotopic (exact) mass is 321 g/mol. The van der Waals surface area contributed by atoms with Gasteiger partial charge < -0.3 is 18.8 Å². The SMILES string of the molecule is C[NH+](C)C.O=P([O-])(OCC(F)(F)F)OCC(F)(F)F. The van der Waals surface area contributed by atoms with Crippen LogP contribution in [0.5, 0.6) is 0 Å². The Morgan fingerprint density at radius 1 is 0.947 bits per heavy atom. The maximum Gasteiger partial charge on any atom is 0.412 e. The number of alkyl halides is 6. The fourth-order valence-corrected chi connectivity index (χ4v) is 1.03. The molecule has 1 N–H and O–H groups in total. The van der Waals surface area contributed by atoms with Crippen molar-refractivity contribution in [2.45, 2.75) is 12.4 Å². The Morgan fingerprint density at radius 2 is 1.16 bits per heavy atom. The molecule has 0 aromatic carbocycles. The summed E-state index contributed by atoms with van der Waals surface area (Å²) >= 11 is 0. The van der Waals surface area contributed by atoms with Crippen LogP contribution in [0, 0.1) is 0 Å². The zero-order valence-electron chi connectivity index (χ0n) is 10.3. The van der Waals surface area contributed by atoms with E-state index in [-0.39, 0.29) is 0 Å². The molecule has 0 aromatic rings. The molecule has 0 saturated carbocycles. The summed E-state index contributed by atoms with van der Waals surface area (Å²) in [5.74, 6) is 0. The van der Waals surface area contributed by atoms with E-state index in [0.717, 1.165) is 0 Å². The van der Waals surface area contributed by atoms with E-state index >= 15 is 0 Å². The summed E-state index contributed by atoms with van der Waals surface area (Å²) in [6, 6.07) is 0. The molecule has 0 fully saturated rings. The topological polar surface area (TPSA) is 63.0 Å². The van der Waals surface area contributed by atoms with Crippen molar-refractivity contribution < 1.29 is 49.7 Å². The summed E-state index contributed by atoms with van der Waals surface area (Å²) in [7, 11) is 0.675. The second-order valence-electron chi connectivity index (χ2n) is 3.72. The van der Waals surface area contributed by atoms with Crippen molar-refractivity contribution in [2.24, 2.45) is 0 Å². The highest BCUT2D eigenvalue weighted by Crippen LogP contribution is 2.41. The molecule has 118 valence electrons. The zero-order chi connectivity index (χ0) is 15.9. The number of phosphoric ester groups is 1. The third-order valence-electron chi connectivity index (χ3n) is 0.773. The van der Waals surface area contributed by atoms with Gasteiger partial charge in [0.2, 0.25) is 0 Å². The predicted molar refractivity (Wildman–Crippen MR) is 50.4 cm³/mol. The van der Waals surface area contributed by atoms with Crippen LogP contribution in [0.15, 0.2) is 0 Å². The molecule has 0 rings (SSSR count). The van der Waals surface area contributed by atoms with Gasteiger partial charge in [0.1, 0.15) is 0 Å². The van der Waals surface area contributed by atoms with Gasteiger partial charge in [-0.2, -0.15) is 26.3 Å². The van der Waals surface area contributed by atoms with Crippen LogP contribution < -0.4 is 9.79 Å². The third-order valence-corrected chi connectivity index (χ3v) is 1.66. The lowest BCUT2D eigenvalue weighted by Gasteiger charge is -2.23. The molecule has 0 aliphatic rings. The molecule has 0 saturated heterocycles. The maximum absolute atomic E-state index is 11.4. The van der Waals surface area contributed by atoms with Crippen LogP contribution in [0.1, 0.15) is 0 Å². The number of phosphoric acid groups is 1. The maximum atomic E-state index is 11.4. The predicted octanol–water partition coefficient (Wildman–Crippen LogP) is 0.373. The summed E-state index contributed by atoms with van der Waals surface area (Å²) in [5, 5.41) is 0. The Balaban J connectivity index is 0. The summed E-state index contributed by atoms with van der Waals surface area (Å²) < 4.78 is 85.0. The molecule has 0 atom stereocenters. The molecule has 0 bridgehead atoms. The van der Waals surface area contributed by atoms with Gasteiger partial charge in [-0.05, 0) is 0 Å². The highest BCUT2D eigenvalue weighted by Gasteiger charge is 2.33. The van der Waals surface area contributed by atoms with Gasteiger partial charge in [0, 0.05) is 0 Å². The first-order valence-corrected chi connectivity index (χ1v) is 6.11. The summed E-state index contributed by atoms with van der Waals surface area (Å²) in [6.45, 7) is -4.46. The standard InChI is InChI=1S/C4H5F6O4P.C3H9N/c5-3(6,7)1-13-15(11,12)14-2-4(8,9)10;1-4(2)3/h1-2H2,(H,11,12);1-3H3. The highest BCUT2D eigenvalue weighted by molar-refractivity contribution is 7.45. The van der Waals surface area contributed by atoms with Crippen LogP contribution >= 0.6 is 7.82 Å². The van der Waals surface area contributed by atoms with E-state index < -0.39 is 33.4 Å². The smallest absolute Gasteiger partial charge is 0.412 e. The minimum atomic E-state index is -5.58.